The Balaban J connectivity index is 1.88. The lowest BCUT2D eigenvalue weighted by Crippen LogP contribution is -2.28. The molecule has 0 fully saturated rings. The zero-order chi connectivity index (χ0) is 23.5. The van der Waals surface area contributed by atoms with E-state index in [9.17, 15) is 18.0 Å². The molecular formula is C22H24F3N5O2. The highest BCUT2D eigenvalue weighted by atomic mass is 19.4. The first kappa shape index (κ1) is 23.1. The molecule has 1 aromatic heterocycles. The Morgan fingerprint density at radius 3 is 2.41 bits per heavy atom. The lowest BCUT2D eigenvalue weighted by Gasteiger charge is -2.13. The molecule has 0 aliphatic heterocycles. The van der Waals surface area contributed by atoms with Gasteiger partial charge < -0.3 is 25.7 Å². The van der Waals surface area contributed by atoms with Crippen LogP contribution in [0.25, 0.3) is 10.9 Å². The number of halogens is 3. The molecule has 3 rings (SSSR count). The van der Waals surface area contributed by atoms with Crippen LogP contribution in [0.5, 0.6) is 5.75 Å². The van der Waals surface area contributed by atoms with Crippen LogP contribution in [-0.2, 0) is 19.3 Å². The molecule has 0 saturated carbocycles. The van der Waals surface area contributed by atoms with Gasteiger partial charge in [0.25, 0.3) is 5.91 Å². The molecule has 1 heterocycles. The summed E-state index contributed by atoms with van der Waals surface area (Å²) in [4.78, 5) is 20.5. The molecule has 0 atom stereocenters. The predicted molar refractivity (Wildman–Crippen MR) is 116 cm³/mol. The van der Waals surface area contributed by atoms with Gasteiger partial charge in [-0.25, -0.2) is 0 Å². The molecular weight excluding hydrogens is 423 g/mol. The van der Waals surface area contributed by atoms with E-state index in [-0.39, 0.29) is 34.9 Å². The van der Waals surface area contributed by atoms with Crippen molar-refractivity contribution in [1.29, 1.82) is 0 Å². The normalized spacial score (nSPS) is 12.4. The smallest absolute Gasteiger partial charge is 0.417 e. The molecule has 32 heavy (non-hydrogen) atoms. The first-order valence-corrected chi connectivity index (χ1v) is 9.72. The van der Waals surface area contributed by atoms with E-state index in [0.29, 0.717) is 0 Å². The van der Waals surface area contributed by atoms with Gasteiger partial charge in [0.2, 0.25) is 0 Å². The van der Waals surface area contributed by atoms with Gasteiger partial charge in [0, 0.05) is 25.0 Å². The van der Waals surface area contributed by atoms with Crippen LogP contribution in [0.4, 0.5) is 13.2 Å². The van der Waals surface area contributed by atoms with Gasteiger partial charge in [-0.3, -0.25) is 4.79 Å². The van der Waals surface area contributed by atoms with Crippen LogP contribution in [0.1, 0.15) is 27.2 Å². The Morgan fingerprint density at radius 1 is 1.16 bits per heavy atom. The fourth-order valence-electron chi connectivity index (χ4n) is 3.14. The molecule has 1 amide bonds. The van der Waals surface area contributed by atoms with Crippen molar-refractivity contribution in [2.45, 2.75) is 19.3 Å². The molecule has 0 aliphatic carbocycles. The maximum Gasteiger partial charge on any atom is 0.417 e. The molecule has 2 aromatic carbocycles. The van der Waals surface area contributed by atoms with E-state index in [1.54, 1.807) is 0 Å². The van der Waals surface area contributed by atoms with Crippen molar-refractivity contribution < 1.29 is 22.7 Å². The highest BCUT2D eigenvalue weighted by Crippen LogP contribution is 2.38. The van der Waals surface area contributed by atoms with E-state index in [0.717, 1.165) is 29.8 Å². The monoisotopic (exact) mass is 447 g/mol. The van der Waals surface area contributed by atoms with E-state index in [2.05, 4.69) is 15.3 Å². The number of carbonyl (C=O) groups is 1. The molecule has 0 aliphatic rings. The first-order chi connectivity index (χ1) is 15.1. The number of H-pyrrole nitrogens is 1. The highest BCUT2D eigenvalue weighted by Gasteiger charge is 2.34. The fourth-order valence-corrected chi connectivity index (χ4v) is 3.14. The fraction of sp³-hybridized carbons (Fsp3) is 0.273. The number of aromatic nitrogens is 1. The van der Waals surface area contributed by atoms with Crippen LogP contribution in [0.3, 0.4) is 0 Å². The molecule has 10 heteroatoms. The quantitative estimate of drug-likeness (QED) is 0.397. The number of aliphatic imine (C=N–C) groups is 1. The van der Waals surface area contributed by atoms with Crippen molar-refractivity contribution in [2.24, 2.45) is 10.7 Å². The van der Waals surface area contributed by atoms with E-state index in [4.69, 9.17) is 10.5 Å². The summed E-state index contributed by atoms with van der Waals surface area (Å²) < 4.78 is 46.6. The minimum absolute atomic E-state index is 0.0290. The molecule has 170 valence electrons. The number of hydrogen-bond acceptors (Lipinski definition) is 3. The third-order valence-corrected chi connectivity index (χ3v) is 4.65. The number of nitrogens with one attached hydrogen (secondary N) is 2. The second kappa shape index (κ2) is 9.31. The van der Waals surface area contributed by atoms with Gasteiger partial charge in [-0.1, -0.05) is 24.3 Å². The summed E-state index contributed by atoms with van der Waals surface area (Å²) in [7, 11) is 5.40. The Morgan fingerprint density at radius 2 is 1.81 bits per heavy atom. The first-order valence-electron chi connectivity index (χ1n) is 9.72. The maximum atomic E-state index is 13.7. The van der Waals surface area contributed by atoms with Crippen LogP contribution in [0.2, 0.25) is 0 Å². The van der Waals surface area contributed by atoms with Crippen molar-refractivity contribution in [3.05, 3.63) is 64.8 Å². The maximum absolute atomic E-state index is 13.7. The number of benzene rings is 2. The average Bonchev–Trinajstić information content (AvgIpc) is 3.15. The summed E-state index contributed by atoms with van der Waals surface area (Å²) >= 11 is 0. The third kappa shape index (κ3) is 5.58. The van der Waals surface area contributed by atoms with Crippen LogP contribution in [0.15, 0.2) is 47.5 Å². The predicted octanol–water partition coefficient (Wildman–Crippen LogP) is 3.50. The third-order valence-electron chi connectivity index (χ3n) is 4.65. The Bertz CT molecular complexity index is 1130. The molecule has 0 bridgehead atoms. The Labute approximate surface area is 183 Å². The Kier molecular flexibility index (Phi) is 6.73. The van der Waals surface area contributed by atoms with Gasteiger partial charge in [-0.05, 0) is 37.4 Å². The van der Waals surface area contributed by atoms with Gasteiger partial charge in [0.15, 0.2) is 5.96 Å². The standard InChI is InChI=1S/C22H24F3N5O2/c1-27-21(26)29-20(31)19-10-16-17(22(23,24)25)8-15(9-18(16)28-19)32-12-14-6-4-13(5-7-14)11-30(2)3/h4-10,28H,11-12H2,1-3H3,(H3,26,27,29,31). The van der Waals surface area contributed by atoms with Gasteiger partial charge in [0.1, 0.15) is 18.1 Å². The summed E-state index contributed by atoms with van der Waals surface area (Å²) in [5.74, 6) is -0.909. The lowest BCUT2D eigenvalue weighted by atomic mass is 10.1. The van der Waals surface area contributed by atoms with Gasteiger partial charge >= 0.3 is 6.18 Å². The number of rotatable bonds is 6. The Hall–Kier alpha value is -3.53. The van der Waals surface area contributed by atoms with E-state index < -0.39 is 17.6 Å². The number of nitrogens with zero attached hydrogens (tertiary/aromatic N) is 2. The average molecular weight is 447 g/mol. The number of ether oxygens (including phenoxy) is 1. The van der Waals surface area contributed by atoms with Crippen LogP contribution in [-0.4, -0.2) is 42.9 Å². The van der Waals surface area contributed by atoms with Crippen LogP contribution >= 0.6 is 0 Å². The van der Waals surface area contributed by atoms with Gasteiger partial charge in [-0.2, -0.15) is 18.2 Å². The number of nitrogens with two attached hydrogens (primary N) is 1. The number of aromatic amines is 1. The molecule has 0 saturated heterocycles. The second-order valence-corrected chi connectivity index (χ2v) is 7.51. The molecule has 0 unspecified atom stereocenters. The van der Waals surface area contributed by atoms with Gasteiger partial charge in [0.05, 0.1) is 11.1 Å². The summed E-state index contributed by atoms with van der Waals surface area (Å²) in [5.41, 5.74) is 6.48. The van der Waals surface area contributed by atoms with E-state index in [1.165, 1.54) is 13.1 Å². The van der Waals surface area contributed by atoms with Crippen molar-refractivity contribution >= 4 is 22.8 Å². The molecule has 0 radical (unpaired) electrons. The number of hydrogen-bond donors (Lipinski definition) is 3. The highest BCUT2D eigenvalue weighted by molar-refractivity contribution is 6.04. The molecule has 0 spiro atoms. The SMILES string of the molecule is CNC(N)=NC(=O)c1cc2c(C(F)(F)F)cc(OCc3ccc(CN(C)C)cc3)cc2[nH]1. The number of fused-ring (bicyclic) bond motifs is 1. The zero-order valence-corrected chi connectivity index (χ0v) is 17.9. The van der Waals surface area contributed by atoms with Crippen molar-refractivity contribution in [3.8, 4) is 5.75 Å². The second-order valence-electron chi connectivity index (χ2n) is 7.51. The number of carbonyl (C=O) groups excluding carboxylic acids is 1. The minimum Gasteiger partial charge on any atom is -0.489 e. The number of alkyl halides is 3. The summed E-state index contributed by atoms with van der Waals surface area (Å²) in [5, 5.41) is 2.33. The molecule has 7 nitrogen and oxygen atoms in total. The van der Waals surface area contributed by atoms with Crippen molar-refractivity contribution in [2.75, 3.05) is 21.1 Å². The van der Waals surface area contributed by atoms with Gasteiger partial charge in [-0.15, -0.1) is 0 Å². The van der Waals surface area contributed by atoms with E-state index in [1.807, 2.05) is 43.3 Å². The number of amides is 1. The zero-order valence-electron chi connectivity index (χ0n) is 17.9. The lowest BCUT2D eigenvalue weighted by molar-refractivity contribution is -0.136. The summed E-state index contributed by atoms with van der Waals surface area (Å²) in [6.07, 6.45) is -4.64. The van der Waals surface area contributed by atoms with Crippen LogP contribution in [0, 0.1) is 0 Å². The topological polar surface area (TPSA) is 95.7 Å². The van der Waals surface area contributed by atoms with Crippen molar-refractivity contribution in [1.82, 2.24) is 15.2 Å². The summed E-state index contributed by atoms with van der Waals surface area (Å²) in [6.45, 7) is 0.880. The molecule has 3 aromatic rings. The largest absolute Gasteiger partial charge is 0.489 e. The summed E-state index contributed by atoms with van der Waals surface area (Å²) in [6, 6.07) is 11.1. The number of guanidine groups is 1. The van der Waals surface area contributed by atoms with E-state index >= 15 is 0 Å². The molecule has 4 N–H and O–H groups in total. The minimum atomic E-state index is -4.64. The van der Waals surface area contributed by atoms with Crippen molar-refractivity contribution in [3.63, 3.8) is 0 Å². The van der Waals surface area contributed by atoms with Crippen LogP contribution < -0.4 is 15.8 Å².